The summed E-state index contributed by atoms with van der Waals surface area (Å²) in [6, 6.07) is 3.61. The van der Waals surface area contributed by atoms with Crippen LogP contribution in [0.1, 0.15) is 12.0 Å². The van der Waals surface area contributed by atoms with E-state index < -0.39 is 30.4 Å². The van der Waals surface area contributed by atoms with E-state index in [1.54, 1.807) is 12.3 Å². The van der Waals surface area contributed by atoms with Gasteiger partial charge in [-0.25, -0.2) is 15.0 Å². The third-order valence-corrected chi connectivity index (χ3v) is 4.39. The van der Waals surface area contributed by atoms with E-state index in [0.717, 1.165) is 5.76 Å². The van der Waals surface area contributed by atoms with Gasteiger partial charge in [0.1, 0.15) is 24.3 Å². The van der Waals surface area contributed by atoms with E-state index in [0.29, 0.717) is 23.5 Å². The van der Waals surface area contributed by atoms with Crippen LogP contribution in [0.15, 0.2) is 35.5 Å². The summed E-state index contributed by atoms with van der Waals surface area (Å²) in [5, 5.41) is 26.0. The van der Waals surface area contributed by atoms with E-state index in [1.807, 2.05) is 6.07 Å². The third-order valence-electron chi connectivity index (χ3n) is 4.39. The molecule has 4 heterocycles. The molecule has 4 N–H and O–H groups in total. The quantitative estimate of drug-likeness (QED) is 0.459. The number of hydrogen-bond acceptors (Lipinski definition) is 9. The van der Waals surface area contributed by atoms with Gasteiger partial charge < -0.3 is 30.0 Å². The maximum Gasteiger partial charge on any atom is 0.251 e. The van der Waals surface area contributed by atoms with Crippen LogP contribution in [0.25, 0.3) is 11.2 Å². The fourth-order valence-corrected chi connectivity index (χ4v) is 3.00. The lowest BCUT2D eigenvalue weighted by atomic mass is 10.1. The Morgan fingerprint density at radius 2 is 2.15 bits per heavy atom. The molecule has 1 aliphatic heterocycles. The summed E-state index contributed by atoms with van der Waals surface area (Å²) < 4.78 is 12.3. The predicted octanol–water partition coefficient (Wildman–Crippen LogP) is -0.603. The van der Waals surface area contributed by atoms with Crippen molar-refractivity contribution in [1.29, 1.82) is 0 Å². The second-order valence-electron chi connectivity index (χ2n) is 6.02. The standard InChI is InChI=1S/C16H18N6O5/c1-17-15(25)12-10(23)11(24)16(27-12)22-7-21-9-13(19-6-20-14(9)22)18-5-8-3-2-4-26-8/h2-4,6-7,10-12,16,23-24H,5H2,1H3,(H,17,25)(H,18,19,20). The Morgan fingerprint density at radius 1 is 1.30 bits per heavy atom. The molecule has 4 unspecified atom stereocenters. The number of nitrogens with one attached hydrogen (secondary N) is 2. The molecule has 0 aliphatic carbocycles. The topological polar surface area (TPSA) is 148 Å². The van der Waals surface area contributed by atoms with E-state index in [1.165, 1.54) is 24.3 Å². The average molecular weight is 374 g/mol. The number of fused-ring (bicyclic) bond motifs is 1. The predicted molar refractivity (Wildman–Crippen MR) is 91.3 cm³/mol. The Balaban J connectivity index is 1.62. The van der Waals surface area contributed by atoms with Gasteiger partial charge in [-0.15, -0.1) is 0 Å². The number of ether oxygens (including phenoxy) is 1. The Hall–Kier alpha value is -3.02. The molecule has 0 bridgehead atoms. The maximum atomic E-state index is 11.8. The van der Waals surface area contributed by atoms with E-state index in [9.17, 15) is 15.0 Å². The molecule has 3 aromatic heterocycles. The molecule has 0 saturated carbocycles. The summed E-state index contributed by atoms with van der Waals surface area (Å²) in [6.45, 7) is 0.409. The van der Waals surface area contributed by atoms with Crippen molar-refractivity contribution in [3.63, 3.8) is 0 Å². The summed E-state index contributed by atoms with van der Waals surface area (Å²) in [6.07, 6.45) is -0.548. The molecular formula is C16H18N6O5. The van der Waals surface area contributed by atoms with Gasteiger partial charge in [0.25, 0.3) is 5.91 Å². The zero-order valence-electron chi connectivity index (χ0n) is 14.3. The van der Waals surface area contributed by atoms with E-state index >= 15 is 0 Å². The number of furan rings is 1. The van der Waals surface area contributed by atoms with Crippen LogP contribution in [0.2, 0.25) is 0 Å². The van der Waals surface area contributed by atoms with E-state index in [4.69, 9.17) is 9.15 Å². The molecule has 0 radical (unpaired) electrons. The smallest absolute Gasteiger partial charge is 0.251 e. The highest BCUT2D eigenvalue weighted by Gasteiger charge is 2.47. The number of amides is 1. The van der Waals surface area contributed by atoms with Crippen LogP contribution in [0.4, 0.5) is 5.82 Å². The number of likely N-dealkylation sites (N-methyl/N-ethyl adjacent to an activating group) is 1. The first-order valence-corrected chi connectivity index (χ1v) is 8.27. The number of carbonyl (C=O) groups is 1. The third kappa shape index (κ3) is 3.01. The number of carbonyl (C=O) groups excluding carboxylic acids is 1. The summed E-state index contributed by atoms with van der Waals surface area (Å²) in [5.41, 5.74) is 0.846. The van der Waals surface area contributed by atoms with Crippen LogP contribution in [0, 0.1) is 0 Å². The van der Waals surface area contributed by atoms with Gasteiger partial charge >= 0.3 is 0 Å². The summed E-state index contributed by atoms with van der Waals surface area (Å²) in [4.78, 5) is 24.5. The number of anilines is 1. The molecule has 0 aromatic carbocycles. The highest BCUT2D eigenvalue weighted by atomic mass is 16.6. The minimum Gasteiger partial charge on any atom is -0.467 e. The summed E-state index contributed by atoms with van der Waals surface area (Å²) in [7, 11) is 1.43. The van der Waals surface area contributed by atoms with Crippen molar-refractivity contribution >= 4 is 22.9 Å². The zero-order valence-corrected chi connectivity index (χ0v) is 14.3. The molecule has 1 aliphatic rings. The van der Waals surface area contributed by atoms with Crippen molar-refractivity contribution in [2.75, 3.05) is 12.4 Å². The van der Waals surface area contributed by atoms with Gasteiger partial charge in [-0.1, -0.05) is 0 Å². The van der Waals surface area contributed by atoms with Crippen LogP contribution in [0.5, 0.6) is 0 Å². The van der Waals surface area contributed by atoms with Crippen LogP contribution in [-0.4, -0.2) is 61.0 Å². The molecule has 1 fully saturated rings. The fourth-order valence-electron chi connectivity index (χ4n) is 3.00. The zero-order chi connectivity index (χ0) is 19.0. The van der Waals surface area contributed by atoms with Crippen molar-refractivity contribution in [2.45, 2.75) is 31.1 Å². The van der Waals surface area contributed by atoms with Crippen molar-refractivity contribution in [2.24, 2.45) is 0 Å². The number of hydrogen-bond donors (Lipinski definition) is 4. The minimum absolute atomic E-state index is 0.390. The van der Waals surface area contributed by atoms with Crippen molar-refractivity contribution in [3.8, 4) is 0 Å². The van der Waals surface area contributed by atoms with Gasteiger partial charge in [0.15, 0.2) is 29.3 Å². The van der Waals surface area contributed by atoms with E-state index in [2.05, 4.69) is 25.6 Å². The highest BCUT2D eigenvalue weighted by Crippen LogP contribution is 2.32. The van der Waals surface area contributed by atoms with Crippen LogP contribution < -0.4 is 10.6 Å². The maximum absolute atomic E-state index is 11.8. The number of imidazole rings is 1. The lowest BCUT2D eigenvalue weighted by Gasteiger charge is -2.16. The molecule has 11 nitrogen and oxygen atoms in total. The Morgan fingerprint density at radius 3 is 2.89 bits per heavy atom. The first-order chi connectivity index (χ1) is 13.1. The largest absolute Gasteiger partial charge is 0.467 e. The molecule has 1 saturated heterocycles. The number of aliphatic hydroxyl groups excluding tert-OH is 2. The molecule has 27 heavy (non-hydrogen) atoms. The molecule has 11 heteroatoms. The summed E-state index contributed by atoms with van der Waals surface area (Å²) >= 11 is 0. The lowest BCUT2D eigenvalue weighted by molar-refractivity contribution is -0.137. The van der Waals surface area contributed by atoms with Gasteiger partial charge in [0, 0.05) is 7.05 Å². The molecule has 0 spiro atoms. The van der Waals surface area contributed by atoms with E-state index in [-0.39, 0.29) is 0 Å². The second-order valence-corrected chi connectivity index (χ2v) is 6.02. The fraction of sp³-hybridized carbons (Fsp3) is 0.375. The van der Waals surface area contributed by atoms with Crippen molar-refractivity contribution in [3.05, 3.63) is 36.8 Å². The molecule has 4 rings (SSSR count). The molecule has 142 valence electrons. The molecule has 4 atom stereocenters. The molecule has 1 amide bonds. The van der Waals surface area contributed by atoms with Crippen LogP contribution in [0.3, 0.4) is 0 Å². The SMILES string of the molecule is CNC(=O)C1OC(n2cnc3c(NCc4ccco4)ncnc32)C(O)C1O. The Kier molecular flexibility index (Phi) is 4.48. The first-order valence-electron chi connectivity index (χ1n) is 8.27. The van der Waals surface area contributed by atoms with Gasteiger partial charge in [-0.3, -0.25) is 9.36 Å². The molecular weight excluding hydrogens is 356 g/mol. The second kappa shape index (κ2) is 6.95. The van der Waals surface area contributed by atoms with Gasteiger partial charge in [0.2, 0.25) is 0 Å². The Bertz CT molecular complexity index is 942. The average Bonchev–Trinajstić information content (AvgIpc) is 3.40. The minimum atomic E-state index is -1.37. The van der Waals surface area contributed by atoms with Gasteiger partial charge in [-0.05, 0) is 12.1 Å². The monoisotopic (exact) mass is 374 g/mol. The van der Waals surface area contributed by atoms with Gasteiger partial charge in [0.05, 0.1) is 19.1 Å². The van der Waals surface area contributed by atoms with Gasteiger partial charge in [-0.2, -0.15) is 0 Å². The normalized spacial score (nSPS) is 25.0. The van der Waals surface area contributed by atoms with Crippen LogP contribution in [-0.2, 0) is 16.1 Å². The summed E-state index contributed by atoms with van der Waals surface area (Å²) in [5.74, 6) is 0.683. The number of rotatable bonds is 5. The first kappa shape index (κ1) is 17.4. The highest BCUT2D eigenvalue weighted by molar-refractivity contribution is 5.83. The number of aromatic nitrogens is 4. The Labute approximate surface area is 153 Å². The molecule has 3 aromatic rings. The van der Waals surface area contributed by atoms with Crippen molar-refractivity contribution in [1.82, 2.24) is 24.8 Å². The van der Waals surface area contributed by atoms with Crippen molar-refractivity contribution < 1.29 is 24.2 Å². The number of nitrogens with zero attached hydrogens (tertiary/aromatic N) is 4. The lowest BCUT2D eigenvalue weighted by Crippen LogP contribution is -2.41. The number of aliphatic hydroxyl groups is 2. The van der Waals surface area contributed by atoms with Crippen LogP contribution >= 0.6 is 0 Å².